The van der Waals surface area contributed by atoms with Crippen LogP contribution in [0.4, 0.5) is 4.39 Å². The quantitative estimate of drug-likeness (QED) is 0.762. The summed E-state index contributed by atoms with van der Waals surface area (Å²) in [6.45, 7) is 4.79. The van der Waals surface area contributed by atoms with Gasteiger partial charge in [0.05, 0.1) is 6.04 Å². The van der Waals surface area contributed by atoms with E-state index in [1.807, 2.05) is 25.1 Å². The van der Waals surface area contributed by atoms with Crippen molar-refractivity contribution < 1.29 is 4.39 Å². The molecule has 0 saturated carbocycles. The molecule has 2 aromatic rings. The zero-order valence-corrected chi connectivity index (χ0v) is 13.6. The first kappa shape index (κ1) is 16.3. The molecule has 112 valence electrons. The van der Waals surface area contributed by atoms with Crippen molar-refractivity contribution in [2.75, 3.05) is 6.54 Å². The average molecular weight is 326 g/mol. The van der Waals surface area contributed by atoms with Gasteiger partial charge < -0.3 is 5.32 Å². The molecule has 1 N–H and O–H groups in total. The lowest BCUT2D eigenvalue weighted by Gasteiger charge is -2.21. The van der Waals surface area contributed by atoms with Gasteiger partial charge in [0.25, 0.3) is 0 Å². The maximum atomic E-state index is 14.2. The summed E-state index contributed by atoms with van der Waals surface area (Å²) in [6, 6.07) is 10.1. The second kappa shape index (κ2) is 7.26. The van der Waals surface area contributed by atoms with Crippen LogP contribution in [0.5, 0.6) is 0 Å². The van der Waals surface area contributed by atoms with Gasteiger partial charge in [-0.15, -0.1) is 0 Å². The van der Waals surface area contributed by atoms with E-state index in [1.165, 1.54) is 6.07 Å². The molecule has 1 atom stereocenters. The Hall–Kier alpha value is -1.09. The highest BCUT2D eigenvalue weighted by Gasteiger charge is 2.18. The Morgan fingerprint density at radius 3 is 2.57 bits per heavy atom. The largest absolute Gasteiger partial charge is 0.306 e. The van der Waals surface area contributed by atoms with Gasteiger partial charge >= 0.3 is 0 Å². The number of benzene rings is 2. The first-order chi connectivity index (χ1) is 10.0. The summed E-state index contributed by atoms with van der Waals surface area (Å²) in [5, 5.41) is 4.56. The summed E-state index contributed by atoms with van der Waals surface area (Å²) in [4.78, 5) is 0. The van der Waals surface area contributed by atoms with Gasteiger partial charge in [-0.05, 0) is 55.3 Å². The highest BCUT2D eigenvalue weighted by Crippen LogP contribution is 2.29. The van der Waals surface area contributed by atoms with Crippen molar-refractivity contribution in [2.24, 2.45) is 0 Å². The molecular weight excluding hydrogens is 308 g/mol. The van der Waals surface area contributed by atoms with Gasteiger partial charge in [0.2, 0.25) is 0 Å². The summed E-state index contributed by atoms with van der Waals surface area (Å²) in [5.41, 5.74) is 2.47. The molecule has 0 spiro atoms. The van der Waals surface area contributed by atoms with Gasteiger partial charge in [-0.1, -0.05) is 42.3 Å². The Balaban J connectivity index is 2.46. The van der Waals surface area contributed by atoms with Crippen LogP contribution in [-0.4, -0.2) is 6.54 Å². The summed E-state index contributed by atoms with van der Waals surface area (Å²) in [7, 11) is 0. The maximum Gasteiger partial charge on any atom is 0.128 e. The predicted molar refractivity (Wildman–Crippen MR) is 87.7 cm³/mol. The average Bonchev–Trinajstić information content (AvgIpc) is 2.46. The summed E-state index contributed by atoms with van der Waals surface area (Å²) in [5.74, 6) is -0.273. The van der Waals surface area contributed by atoms with E-state index in [1.54, 1.807) is 12.1 Å². The van der Waals surface area contributed by atoms with Gasteiger partial charge in [0.15, 0.2) is 0 Å². The molecule has 0 fully saturated rings. The highest BCUT2D eigenvalue weighted by molar-refractivity contribution is 6.31. The van der Waals surface area contributed by atoms with Crippen LogP contribution in [0.3, 0.4) is 0 Å². The number of aryl methyl sites for hydroxylation is 1. The standard InChI is InChI=1S/C17H18Cl2FN/c1-3-8-21-17(12-5-4-11(2)15(19)9-12)14-10-13(18)6-7-16(14)20/h4-7,9-10,17,21H,3,8H2,1-2H3. The molecule has 2 rings (SSSR count). The first-order valence-electron chi connectivity index (χ1n) is 6.97. The number of halogens is 3. The molecule has 0 heterocycles. The summed E-state index contributed by atoms with van der Waals surface area (Å²) >= 11 is 12.2. The lowest BCUT2D eigenvalue weighted by atomic mass is 9.97. The van der Waals surface area contributed by atoms with E-state index in [2.05, 4.69) is 12.2 Å². The molecule has 0 aliphatic heterocycles. The fraction of sp³-hybridized carbons (Fsp3) is 0.294. The van der Waals surface area contributed by atoms with Crippen LogP contribution >= 0.6 is 23.2 Å². The molecule has 0 radical (unpaired) electrons. The van der Waals surface area contributed by atoms with E-state index in [0.29, 0.717) is 15.6 Å². The Bertz CT molecular complexity index is 628. The Morgan fingerprint density at radius 1 is 1.14 bits per heavy atom. The lowest BCUT2D eigenvalue weighted by Crippen LogP contribution is -2.24. The van der Waals surface area contributed by atoms with Crippen molar-refractivity contribution in [3.05, 3.63) is 69.0 Å². The van der Waals surface area contributed by atoms with Gasteiger partial charge in [0, 0.05) is 15.6 Å². The maximum absolute atomic E-state index is 14.2. The monoisotopic (exact) mass is 325 g/mol. The third-order valence-electron chi connectivity index (χ3n) is 3.40. The minimum absolute atomic E-state index is 0.262. The fourth-order valence-corrected chi connectivity index (χ4v) is 2.59. The van der Waals surface area contributed by atoms with Crippen molar-refractivity contribution in [3.8, 4) is 0 Å². The van der Waals surface area contributed by atoms with E-state index in [4.69, 9.17) is 23.2 Å². The molecule has 0 aliphatic rings. The SMILES string of the molecule is CCCNC(c1ccc(C)c(Cl)c1)c1cc(Cl)ccc1F. The number of nitrogens with one attached hydrogen (secondary N) is 1. The molecule has 1 nitrogen and oxygen atoms in total. The van der Waals surface area contributed by atoms with Crippen molar-refractivity contribution in [1.82, 2.24) is 5.32 Å². The molecule has 0 aliphatic carbocycles. The van der Waals surface area contributed by atoms with Gasteiger partial charge in [-0.3, -0.25) is 0 Å². The van der Waals surface area contributed by atoms with Gasteiger partial charge in [-0.25, -0.2) is 4.39 Å². The molecule has 0 amide bonds. The van der Waals surface area contributed by atoms with Crippen LogP contribution < -0.4 is 5.32 Å². The van der Waals surface area contributed by atoms with Crippen molar-refractivity contribution >= 4 is 23.2 Å². The van der Waals surface area contributed by atoms with Crippen LogP contribution in [0.1, 0.15) is 36.1 Å². The molecular formula is C17H18Cl2FN. The number of rotatable bonds is 5. The summed E-state index contributed by atoms with van der Waals surface area (Å²) < 4.78 is 14.2. The van der Waals surface area contributed by atoms with Gasteiger partial charge in [0.1, 0.15) is 5.82 Å². The molecule has 21 heavy (non-hydrogen) atoms. The third kappa shape index (κ3) is 3.97. The summed E-state index contributed by atoms with van der Waals surface area (Å²) in [6.07, 6.45) is 0.957. The lowest BCUT2D eigenvalue weighted by molar-refractivity contribution is 0.547. The van der Waals surface area contributed by atoms with Gasteiger partial charge in [-0.2, -0.15) is 0 Å². The highest BCUT2D eigenvalue weighted by atomic mass is 35.5. The molecule has 0 bridgehead atoms. The smallest absolute Gasteiger partial charge is 0.128 e. The van der Waals surface area contributed by atoms with Crippen molar-refractivity contribution in [2.45, 2.75) is 26.3 Å². The van der Waals surface area contributed by atoms with Crippen molar-refractivity contribution in [1.29, 1.82) is 0 Å². The zero-order valence-electron chi connectivity index (χ0n) is 12.1. The van der Waals surface area contributed by atoms with Crippen LogP contribution in [0.2, 0.25) is 10.0 Å². The van der Waals surface area contributed by atoms with E-state index in [-0.39, 0.29) is 11.9 Å². The second-order valence-electron chi connectivity index (χ2n) is 5.06. The Labute approximate surface area is 135 Å². The number of hydrogen-bond donors (Lipinski definition) is 1. The molecule has 2 aromatic carbocycles. The number of hydrogen-bond acceptors (Lipinski definition) is 1. The molecule has 4 heteroatoms. The molecule has 0 aromatic heterocycles. The van der Waals surface area contributed by atoms with Crippen LogP contribution in [0.15, 0.2) is 36.4 Å². The van der Waals surface area contributed by atoms with E-state index in [9.17, 15) is 4.39 Å². The second-order valence-corrected chi connectivity index (χ2v) is 5.91. The first-order valence-corrected chi connectivity index (χ1v) is 7.73. The predicted octanol–water partition coefficient (Wildman–Crippen LogP) is 5.53. The van der Waals surface area contributed by atoms with Crippen LogP contribution in [-0.2, 0) is 0 Å². The van der Waals surface area contributed by atoms with E-state index < -0.39 is 0 Å². The minimum Gasteiger partial charge on any atom is -0.306 e. The van der Waals surface area contributed by atoms with E-state index in [0.717, 1.165) is 24.1 Å². The third-order valence-corrected chi connectivity index (χ3v) is 4.04. The molecule has 1 unspecified atom stereocenters. The van der Waals surface area contributed by atoms with Crippen LogP contribution in [0, 0.1) is 12.7 Å². The Morgan fingerprint density at radius 2 is 1.90 bits per heavy atom. The van der Waals surface area contributed by atoms with Crippen molar-refractivity contribution in [3.63, 3.8) is 0 Å². The fourth-order valence-electron chi connectivity index (χ4n) is 2.22. The van der Waals surface area contributed by atoms with E-state index >= 15 is 0 Å². The topological polar surface area (TPSA) is 12.0 Å². The normalized spacial score (nSPS) is 12.4. The Kier molecular flexibility index (Phi) is 5.63. The zero-order chi connectivity index (χ0) is 15.4. The van der Waals surface area contributed by atoms with Crippen LogP contribution in [0.25, 0.3) is 0 Å². The minimum atomic E-state index is -0.273. The molecule has 0 saturated heterocycles.